The Bertz CT molecular complexity index is 331. The van der Waals surface area contributed by atoms with Crippen LogP contribution in [0.2, 0.25) is 0 Å². The molecule has 0 bridgehead atoms. The monoisotopic (exact) mass is 176 g/mol. The van der Waals surface area contributed by atoms with Gasteiger partial charge in [-0.2, -0.15) is 5.11 Å². The molecule has 1 N–H and O–H groups in total. The highest BCUT2D eigenvalue weighted by molar-refractivity contribution is 5.71. The number of benzene rings is 1. The number of nitrogens with zero attached hydrogens (tertiary/aromatic N) is 2. The number of hydrogen-bond acceptors (Lipinski definition) is 4. The Kier molecular flexibility index (Phi) is 3.38. The van der Waals surface area contributed by atoms with E-state index in [2.05, 4.69) is 10.2 Å². The molecule has 4 heteroatoms. The van der Waals surface area contributed by atoms with Crippen molar-refractivity contribution in [3.63, 3.8) is 0 Å². The van der Waals surface area contributed by atoms with Gasteiger partial charge in [-0.15, -0.1) is 5.11 Å². The number of carbonyl (C=O) groups excluding carboxylic acids is 1. The molecule has 0 spiro atoms. The van der Waals surface area contributed by atoms with Crippen molar-refractivity contribution >= 4 is 12.0 Å². The Hall–Kier alpha value is -1.97. The third-order valence-corrected chi connectivity index (χ3v) is 1.29. The topological polar surface area (TPSA) is 62.0 Å². The lowest BCUT2D eigenvalue weighted by molar-refractivity contribution is -0.105. The van der Waals surface area contributed by atoms with Crippen LogP contribution in [0.25, 0.3) is 0 Å². The minimum atomic E-state index is -0.108. The van der Waals surface area contributed by atoms with Gasteiger partial charge < -0.3 is 5.11 Å². The van der Waals surface area contributed by atoms with Crippen molar-refractivity contribution in [1.82, 2.24) is 0 Å². The van der Waals surface area contributed by atoms with Crippen LogP contribution in [0.4, 0.5) is 5.69 Å². The number of aliphatic hydroxyl groups excluding tert-OH is 1. The number of azo groups is 1. The van der Waals surface area contributed by atoms with Gasteiger partial charge in [0.25, 0.3) is 0 Å². The molecular weight excluding hydrogens is 168 g/mol. The SMILES string of the molecule is O=CC(=CO)N=Nc1ccccc1. The summed E-state index contributed by atoms with van der Waals surface area (Å²) in [5.41, 5.74) is 0.521. The molecule has 1 aromatic carbocycles. The Balaban J connectivity index is 2.74. The maximum atomic E-state index is 10.2. The van der Waals surface area contributed by atoms with Gasteiger partial charge in [-0.25, -0.2) is 0 Å². The zero-order chi connectivity index (χ0) is 9.52. The summed E-state index contributed by atoms with van der Waals surface area (Å²) in [4.78, 5) is 10.2. The second kappa shape index (κ2) is 4.82. The largest absolute Gasteiger partial charge is 0.513 e. The summed E-state index contributed by atoms with van der Waals surface area (Å²) in [5, 5.41) is 15.7. The number of allylic oxidation sites excluding steroid dienone is 1. The molecule has 0 aliphatic carbocycles. The number of rotatable bonds is 3. The number of carbonyl (C=O) groups is 1. The van der Waals surface area contributed by atoms with Gasteiger partial charge >= 0.3 is 0 Å². The molecule has 1 aromatic rings. The Morgan fingerprint density at radius 2 is 2.00 bits per heavy atom. The van der Waals surface area contributed by atoms with Crippen LogP contribution in [0.5, 0.6) is 0 Å². The van der Waals surface area contributed by atoms with Crippen LogP contribution < -0.4 is 0 Å². The van der Waals surface area contributed by atoms with Crippen molar-refractivity contribution in [2.24, 2.45) is 10.2 Å². The van der Waals surface area contributed by atoms with Crippen molar-refractivity contribution in [1.29, 1.82) is 0 Å². The van der Waals surface area contributed by atoms with E-state index in [0.29, 0.717) is 18.2 Å². The van der Waals surface area contributed by atoms with Gasteiger partial charge in [-0.3, -0.25) is 4.79 Å². The second-order valence-corrected chi connectivity index (χ2v) is 2.21. The van der Waals surface area contributed by atoms with E-state index >= 15 is 0 Å². The first-order valence-corrected chi connectivity index (χ1v) is 3.63. The molecule has 0 amide bonds. The fourth-order valence-electron chi connectivity index (χ4n) is 0.690. The van der Waals surface area contributed by atoms with E-state index in [4.69, 9.17) is 5.11 Å². The molecule has 13 heavy (non-hydrogen) atoms. The van der Waals surface area contributed by atoms with Crippen molar-refractivity contribution in [2.45, 2.75) is 0 Å². The van der Waals surface area contributed by atoms with Crippen LogP contribution in [-0.2, 0) is 4.79 Å². The van der Waals surface area contributed by atoms with Crippen molar-refractivity contribution < 1.29 is 9.90 Å². The summed E-state index contributed by atoms with van der Waals surface area (Å²) >= 11 is 0. The number of aldehydes is 1. The van der Waals surface area contributed by atoms with Gasteiger partial charge in [0.05, 0.1) is 5.69 Å². The zero-order valence-electron chi connectivity index (χ0n) is 6.79. The summed E-state index contributed by atoms with van der Waals surface area (Å²) in [6, 6.07) is 8.93. The third kappa shape index (κ3) is 2.86. The minimum absolute atomic E-state index is 0.108. The smallest absolute Gasteiger partial charge is 0.173 e. The highest BCUT2D eigenvalue weighted by Crippen LogP contribution is 2.11. The lowest BCUT2D eigenvalue weighted by atomic mass is 10.3. The van der Waals surface area contributed by atoms with E-state index in [1.165, 1.54) is 0 Å². The standard InChI is InChI=1S/C9H8N2O2/c12-6-9(7-13)11-10-8-4-2-1-3-5-8/h1-7,12H. The van der Waals surface area contributed by atoms with Crippen LogP contribution in [0.1, 0.15) is 0 Å². The average molecular weight is 176 g/mol. The molecule has 0 atom stereocenters. The second-order valence-electron chi connectivity index (χ2n) is 2.21. The average Bonchev–Trinajstić information content (AvgIpc) is 2.21. The number of hydrogen-bond donors (Lipinski definition) is 1. The molecule has 0 saturated heterocycles. The molecule has 0 aliphatic rings. The quantitative estimate of drug-likeness (QED) is 0.332. The highest BCUT2D eigenvalue weighted by Gasteiger charge is 1.90. The van der Waals surface area contributed by atoms with Crippen LogP contribution in [0.3, 0.4) is 0 Å². The van der Waals surface area contributed by atoms with E-state index in [1.54, 1.807) is 24.3 Å². The summed E-state index contributed by atoms with van der Waals surface area (Å²) in [5.74, 6) is 0. The Morgan fingerprint density at radius 3 is 2.54 bits per heavy atom. The van der Waals surface area contributed by atoms with E-state index in [9.17, 15) is 4.79 Å². The Morgan fingerprint density at radius 1 is 1.31 bits per heavy atom. The zero-order valence-corrected chi connectivity index (χ0v) is 6.79. The molecule has 0 radical (unpaired) electrons. The van der Waals surface area contributed by atoms with Crippen LogP contribution in [0, 0.1) is 0 Å². The minimum Gasteiger partial charge on any atom is -0.513 e. The number of aliphatic hydroxyl groups is 1. The maximum absolute atomic E-state index is 10.2. The lowest BCUT2D eigenvalue weighted by Gasteiger charge is -1.88. The van der Waals surface area contributed by atoms with Crippen molar-refractivity contribution in [2.75, 3.05) is 0 Å². The van der Waals surface area contributed by atoms with Crippen molar-refractivity contribution in [3.05, 3.63) is 42.3 Å². The van der Waals surface area contributed by atoms with Crippen LogP contribution in [-0.4, -0.2) is 11.4 Å². The molecule has 1 rings (SSSR count). The fourth-order valence-corrected chi connectivity index (χ4v) is 0.690. The molecule has 0 heterocycles. The normalized spacial score (nSPS) is 11.8. The molecule has 66 valence electrons. The van der Waals surface area contributed by atoms with Crippen molar-refractivity contribution in [3.8, 4) is 0 Å². The molecule has 4 nitrogen and oxygen atoms in total. The maximum Gasteiger partial charge on any atom is 0.173 e. The summed E-state index contributed by atoms with van der Waals surface area (Å²) < 4.78 is 0. The first-order chi connectivity index (χ1) is 6.36. The predicted molar refractivity (Wildman–Crippen MR) is 47.7 cm³/mol. The van der Waals surface area contributed by atoms with E-state index < -0.39 is 0 Å². The predicted octanol–water partition coefficient (Wildman–Crippen LogP) is 2.37. The highest BCUT2D eigenvalue weighted by atomic mass is 16.2. The van der Waals surface area contributed by atoms with Crippen LogP contribution >= 0.6 is 0 Å². The van der Waals surface area contributed by atoms with E-state index in [1.807, 2.05) is 6.07 Å². The fraction of sp³-hybridized carbons (Fsp3) is 0. The lowest BCUT2D eigenvalue weighted by Crippen LogP contribution is -1.76. The molecule has 0 saturated carbocycles. The van der Waals surface area contributed by atoms with E-state index in [-0.39, 0.29) is 5.70 Å². The van der Waals surface area contributed by atoms with Gasteiger partial charge in [0.2, 0.25) is 0 Å². The van der Waals surface area contributed by atoms with E-state index in [0.717, 1.165) is 0 Å². The van der Waals surface area contributed by atoms with Crippen LogP contribution in [0.15, 0.2) is 52.5 Å². The molecule has 0 aliphatic heterocycles. The summed E-state index contributed by atoms with van der Waals surface area (Å²) in [7, 11) is 0. The van der Waals surface area contributed by atoms with Gasteiger partial charge in [0.1, 0.15) is 6.26 Å². The van der Waals surface area contributed by atoms with Gasteiger partial charge in [0, 0.05) is 0 Å². The van der Waals surface area contributed by atoms with Gasteiger partial charge in [0.15, 0.2) is 12.0 Å². The third-order valence-electron chi connectivity index (χ3n) is 1.29. The molecule has 0 aromatic heterocycles. The molecule has 0 unspecified atom stereocenters. The van der Waals surface area contributed by atoms with Gasteiger partial charge in [-0.05, 0) is 12.1 Å². The molecular formula is C9H8N2O2. The molecule has 0 fully saturated rings. The van der Waals surface area contributed by atoms with Gasteiger partial charge in [-0.1, -0.05) is 18.2 Å². The first-order valence-electron chi connectivity index (χ1n) is 3.63. The first kappa shape index (κ1) is 9.12. The summed E-state index contributed by atoms with van der Waals surface area (Å²) in [6.45, 7) is 0. The summed E-state index contributed by atoms with van der Waals surface area (Å²) in [6.07, 6.45) is 1.03. The Labute approximate surface area is 75.2 Å².